The first-order valence-electron chi connectivity index (χ1n) is 10.4. The van der Waals surface area contributed by atoms with Crippen molar-refractivity contribution in [2.75, 3.05) is 6.61 Å². The van der Waals surface area contributed by atoms with Crippen LogP contribution in [0, 0.1) is 23.0 Å². The minimum absolute atomic E-state index is 0.0112. The van der Waals surface area contributed by atoms with E-state index >= 15 is 0 Å². The average Bonchev–Trinajstić information content (AvgIpc) is 3.12. The molecular weight excluding hydrogens is 420 g/mol. The van der Waals surface area contributed by atoms with Crippen molar-refractivity contribution in [1.29, 1.82) is 0 Å². The Labute approximate surface area is 183 Å². The van der Waals surface area contributed by atoms with Crippen molar-refractivity contribution >= 4 is 5.71 Å². The first-order chi connectivity index (χ1) is 15.4. The van der Waals surface area contributed by atoms with Crippen LogP contribution in [0.5, 0.6) is 0 Å². The number of oxime groups is 1. The molecule has 0 radical (unpaired) electrons. The van der Waals surface area contributed by atoms with Gasteiger partial charge < -0.3 is 9.94 Å². The van der Waals surface area contributed by atoms with Gasteiger partial charge >= 0.3 is 0 Å². The van der Waals surface area contributed by atoms with Gasteiger partial charge in [-0.1, -0.05) is 25.1 Å². The van der Waals surface area contributed by atoms with E-state index in [0.717, 1.165) is 12.1 Å². The van der Waals surface area contributed by atoms with E-state index in [9.17, 15) is 13.9 Å². The molecule has 0 bridgehead atoms. The lowest BCUT2D eigenvalue weighted by Gasteiger charge is -2.39. The first kappa shape index (κ1) is 22.0. The van der Waals surface area contributed by atoms with Gasteiger partial charge in [0.15, 0.2) is 0 Å². The third kappa shape index (κ3) is 4.12. The quantitative estimate of drug-likeness (QED) is 0.292. The molecule has 1 aliphatic rings. The zero-order valence-electron chi connectivity index (χ0n) is 17.9. The van der Waals surface area contributed by atoms with Crippen LogP contribution in [0.1, 0.15) is 32.3 Å². The van der Waals surface area contributed by atoms with Crippen LogP contribution in [0.25, 0.3) is 0 Å². The predicted molar refractivity (Wildman–Crippen MR) is 110 cm³/mol. The molecule has 0 saturated heterocycles. The Morgan fingerprint density at radius 1 is 1.19 bits per heavy atom. The summed E-state index contributed by atoms with van der Waals surface area (Å²) in [6.45, 7) is 4.52. The fourth-order valence-corrected chi connectivity index (χ4v) is 4.22. The highest BCUT2D eigenvalue weighted by Gasteiger charge is 2.64. The number of aliphatic hydroxyl groups is 1. The zero-order chi connectivity index (χ0) is 22.8. The molecule has 1 N–H and O–H groups in total. The van der Waals surface area contributed by atoms with E-state index in [1.54, 1.807) is 11.0 Å². The van der Waals surface area contributed by atoms with Crippen molar-refractivity contribution < 1.29 is 18.7 Å². The topological polar surface area (TPSA) is 103 Å². The molecule has 1 saturated carbocycles. The minimum Gasteiger partial charge on any atom is -0.394 e. The van der Waals surface area contributed by atoms with Crippen LogP contribution < -0.4 is 0 Å². The summed E-state index contributed by atoms with van der Waals surface area (Å²) in [5, 5.41) is 24.5. The van der Waals surface area contributed by atoms with Gasteiger partial charge in [-0.15, -0.1) is 0 Å². The lowest BCUT2D eigenvalue weighted by Crippen LogP contribution is -2.47. The molecule has 1 aromatic carbocycles. The van der Waals surface area contributed by atoms with Crippen LogP contribution in [-0.2, 0) is 23.5 Å². The van der Waals surface area contributed by atoms with Crippen molar-refractivity contribution in [1.82, 2.24) is 29.5 Å². The molecule has 1 aliphatic carbocycles. The third-order valence-electron chi connectivity index (χ3n) is 5.85. The molecule has 1 unspecified atom stereocenters. The summed E-state index contributed by atoms with van der Waals surface area (Å²) in [7, 11) is 0. The van der Waals surface area contributed by atoms with Gasteiger partial charge in [0.1, 0.15) is 49.2 Å². The van der Waals surface area contributed by atoms with Crippen molar-refractivity contribution in [3.63, 3.8) is 0 Å². The molecule has 0 amide bonds. The molecule has 1 atom stereocenters. The van der Waals surface area contributed by atoms with Crippen molar-refractivity contribution in [2.45, 2.75) is 45.4 Å². The van der Waals surface area contributed by atoms with Gasteiger partial charge in [-0.2, -0.15) is 10.2 Å². The number of nitrogens with zero attached hydrogens (tertiary/aromatic N) is 7. The molecule has 4 rings (SSSR count). The normalized spacial score (nSPS) is 17.4. The Hall–Kier alpha value is -3.21. The second-order valence-electron chi connectivity index (χ2n) is 8.28. The van der Waals surface area contributed by atoms with Crippen LogP contribution >= 0.6 is 0 Å². The maximum atomic E-state index is 14.9. The van der Waals surface area contributed by atoms with Crippen molar-refractivity contribution in [3.05, 3.63) is 60.7 Å². The minimum atomic E-state index is -1.74. The Bertz CT molecular complexity index is 1070. The summed E-state index contributed by atoms with van der Waals surface area (Å²) in [5.74, 6) is -1.63. The van der Waals surface area contributed by atoms with Gasteiger partial charge in [0.2, 0.25) is 0 Å². The van der Waals surface area contributed by atoms with Gasteiger partial charge in [0.25, 0.3) is 0 Å². The highest BCUT2D eigenvalue weighted by molar-refractivity contribution is 5.95. The monoisotopic (exact) mass is 445 g/mol. The van der Waals surface area contributed by atoms with Crippen LogP contribution in [0.2, 0.25) is 0 Å². The number of halogens is 2. The zero-order valence-corrected chi connectivity index (χ0v) is 17.9. The molecule has 32 heavy (non-hydrogen) atoms. The number of hydrogen-bond donors (Lipinski definition) is 1. The third-order valence-corrected chi connectivity index (χ3v) is 5.85. The molecule has 3 aromatic rings. The lowest BCUT2D eigenvalue weighted by atomic mass is 9.72. The standard InChI is InChI=1S/C21H25F2N7O2/c1-15(2)19(28-32-8-7-29-13-24-11-26-29)20(5-6-20)21(31,10-30-14-25-12-27-30)17-4-3-16(22)9-18(17)23/h3-4,9,11-15,31H,5-8,10H2,1-2H3/b28-19+. The molecule has 2 aromatic heterocycles. The van der Waals surface area contributed by atoms with Crippen LogP contribution in [-0.4, -0.2) is 47.0 Å². The highest BCUT2D eigenvalue weighted by Crippen LogP contribution is 2.61. The summed E-state index contributed by atoms with van der Waals surface area (Å²) in [6, 6.07) is 3.20. The first-order valence-corrected chi connectivity index (χ1v) is 10.4. The van der Waals surface area contributed by atoms with E-state index in [4.69, 9.17) is 4.84 Å². The molecular formula is C21H25F2N7O2. The maximum Gasteiger partial charge on any atom is 0.137 e. The predicted octanol–water partition coefficient (Wildman–Crippen LogP) is 2.54. The molecule has 9 nitrogen and oxygen atoms in total. The van der Waals surface area contributed by atoms with E-state index < -0.39 is 22.7 Å². The summed E-state index contributed by atoms with van der Waals surface area (Å²) in [6.07, 6.45) is 6.93. The Kier molecular flexibility index (Phi) is 6.00. The number of aromatic nitrogens is 6. The second kappa shape index (κ2) is 8.73. The SMILES string of the molecule is CC(C)/C(=N\OCCn1cncn1)C1(C(O)(Cn2cncn2)c2ccc(F)cc2F)CC1. The summed E-state index contributed by atoms with van der Waals surface area (Å²) in [5.41, 5.74) is -2.03. The smallest absolute Gasteiger partial charge is 0.137 e. The Morgan fingerprint density at radius 2 is 1.88 bits per heavy atom. The maximum absolute atomic E-state index is 14.9. The van der Waals surface area contributed by atoms with Gasteiger partial charge in [0.05, 0.1) is 18.8 Å². The number of benzene rings is 1. The molecule has 0 spiro atoms. The largest absolute Gasteiger partial charge is 0.394 e. The van der Waals surface area contributed by atoms with Crippen LogP contribution in [0.3, 0.4) is 0 Å². The summed E-state index contributed by atoms with van der Waals surface area (Å²) in [4.78, 5) is 13.4. The molecule has 2 heterocycles. The van der Waals surface area contributed by atoms with E-state index in [1.807, 2.05) is 13.8 Å². The molecule has 11 heteroatoms. The fourth-order valence-electron chi connectivity index (χ4n) is 4.22. The summed E-state index contributed by atoms with van der Waals surface area (Å²) >= 11 is 0. The lowest BCUT2D eigenvalue weighted by molar-refractivity contribution is -0.0357. The van der Waals surface area contributed by atoms with Crippen molar-refractivity contribution in [3.8, 4) is 0 Å². The van der Waals surface area contributed by atoms with Crippen LogP contribution in [0.4, 0.5) is 8.78 Å². The highest BCUT2D eigenvalue weighted by atomic mass is 19.1. The molecule has 1 fully saturated rings. The average molecular weight is 445 g/mol. The van der Waals surface area contributed by atoms with E-state index in [0.29, 0.717) is 25.1 Å². The van der Waals surface area contributed by atoms with Gasteiger partial charge in [0, 0.05) is 17.0 Å². The van der Waals surface area contributed by atoms with Gasteiger partial charge in [-0.25, -0.2) is 28.1 Å². The molecule has 170 valence electrons. The van der Waals surface area contributed by atoms with Gasteiger partial charge in [-0.05, 0) is 24.8 Å². The summed E-state index contributed by atoms with van der Waals surface area (Å²) < 4.78 is 31.6. The Balaban J connectivity index is 1.68. The van der Waals surface area contributed by atoms with Crippen LogP contribution in [0.15, 0.2) is 48.7 Å². The Morgan fingerprint density at radius 3 is 2.44 bits per heavy atom. The van der Waals surface area contributed by atoms with E-state index in [1.165, 1.54) is 29.7 Å². The van der Waals surface area contributed by atoms with E-state index in [2.05, 4.69) is 25.3 Å². The van der Waals surface area contributed by atoms with Crippen molar-refractivity contribution in [2.24, 2.45) is 16.5 Å². The van der Waals surface area contributed by atoms with Gasteiger partial charge in [-0.3, -0.25) is 0 Å². The number of rotatable bonds is 10. The van der Waals surface area contributed by atoms with E-state index in [-0.39, 0.29) is 24.6 Å². The second-order valence-corrected chi connectivity index (χ2v) is 8.28. The number of hydrogen-bond acceptors (Lipinski definition) is 7. The molecule has 0 aliphatic heterocycles. The fraction of sp³-hybridized carbons (Fsp3) is 0.476.